The molecule has 0 aliphatic carbocycles. The average Bonchev–Trinajstić information content (AvgIpc) is 1.95. The number of carbonyl (C=O) groups is 2. The molecule has 0 amide bonds. The van der Waals surface area contributed by atoms with Gasteiger partial charge in [-0.2, -0.15) is 0 Å². The molecule has 88 valence electrons. The Morgan fingerprint density at radius 3 is 2.00 bits per heavy atom. The van der Waals surface area contributed by atoms with Crippen LogP contribution in [0.3, 0.4) is 0 Å². The molecule has 0 aliphatic heterocycles. The van der Waals surface area contributed by atoms with Gasteiger partial charge in [-0.3, -0.25) is 4.79 Å². The summed E-state index contributed by atoms with van der Waals surface area (Å²) in [5.74, 6) is -2.34. The van der Waals surface area contributed by atoms with E-state index in [2.05, 4.69) is 0 Å². The van der Waals surface area contributed by atoms with Crippen LogP contribution in [0.5, 0.6) is 0 Å². The van der Waals surface area contributed by atoms with Crippen LogP contribution in [0.1, 0.15) is 13.3 Å². The van der Waals surface area contributed by atoms with Gasteiger partial charge in [0.05, 0.1) is 27.1 Å². The third-order valence-electron chi connectivity index (χ3n) is 2.02. The molecule has 0 saturated carbocycles. The maximum absolute atomic E-state index is 10.8. The third kappa shape index (κ3) is 6.19. The number of carboxylic acid groups (broad SMARTS) is 1. The normalized spacial score (nSPS) is 15.8. The van der Waals surface area contributed by atoms with E-state index in [4.69, 9.17) is 5.11 Å². The summed E-state index contributed by atoms with van der Waals surface area (Å²) in [4.78, 5) is 21.7. The molecule has 0 radical (unpaired) electrons. The Morgan fingerprint density at radius 2 is 1.73 bits per heavy atom. The fourth-order valence-corrected chi connectivity index (χ4v) is 1.39. The van der Waals surface area contributed by atoms with Crippen LogP contribution in [0, 0.1) is 5.92 Å². The molecular formula is C10H20NO4+. The van der Waals surface area contributed by atoms with Gasteiger partial charge in [-0.25, -0.2) is 0 Å². The van der Waals surface area contributed by atoms with Crippen LogP contribution in [-0.2, 0) is 9.59 Å². The van der Waals surface area contributed by atoms with Gasteiger partial charge in [-0.15, -0.1) is 0 Å². The Labute approximate surface area is 89.9 Å². The van der Waals surface area contributed by atoms with Crippen LogP contribution < -0.4 is 0 Å². The van der Waals surface area contributed by atoms with Gasteiger partial charge in [-0.1, -0.05) is 0 Å². The fraction of sp³-hybridized carbons (Fsp3) is 0.800. The Hall–Kier alpha value is -0.940. The van der Waals surface area contributed by atoms with E-state index in [1.54, 1.807) is 0 Å². The van der Waals surface area contributed by atoms with Crippen molar-refractivity contribution < 1.29 is 24.3 Å². The molecule has 0 saturated heterocycles. The molecule has 0 aromatic heterocycles. The zero-order chi connectivity index (χ0) is 12.2. The van der Waals surface area contributed by atoms with Crippen molar-refractivity contribution in [3.05, 3.63) is 0 Å². The Morgan fingerprint density at radius 1 is 1.27 bits per heavy atom. The van der Waals surface area contributed by atoms with Crippen molar-refractivity contribution in [3.63, 3.8) is 0 Å². The number of carboxylic acids is 1. The van der Waals surface area contributed by atoms with Crippen molar-refractivity contribution in [1.82, 2.24) is 0 Å². The van der Waals surface area contributed by atoms with E-state index >= 15 is 0 Å². The van der Waals surface area contributed by atoms with Gasteiger partial charge in [0.15, 0.2) is 0 Å². The number of carbonyl (C=O) groups excluding carboxylic acids is 1. The number of Topliss-reactive ketones (excluding diaryl/α,β-unsaturated/α-hetero) is 1. The van der Waals surface area contributed by atoms with E-state index in [0.717, 1.165) is 0 Å². The van der Waals surface area contributed by atoms with E-state index in [1.807, 2.05) is 21.1 Å². The van der Waals surface area contributed by atoms with Gasteiger partial charge in [0.25, 0.3) is 0 Å². The summed E-state index contributed by atoms with van der Waals surface area (Å²) in [6, 6.07) is 0. The minimum Gasteiger partial charge on any atom is -0.481 e. The summed E-state index contributed by atoms with van der Waals surface area (Å²) < 4.78 is 0.461. The molecule has 2 N–H and O–H groups in total. The molecule has 2 atom stereocenters. The van der Waals surface area contributed by atoms with Gasteiger partial charge in [0.1, 0.15) is 18.4 Å². The molecule has 0 rings (SSSR count). The highest BCUT2D eigenvalue weighted by Gasteiger charge is 2.31. The number of ketones is 1. The predicted octanol–water partition coefficient (Wildman–Crippen LogP) is -0.267. The molecule has 0 bridgehead atoms. The van der Waals surface area contributed by atoms with Crippen molar-refractivity contribution in [2.75, 3.05) is 27.7 Å². The van der Waals surface area contributed by atoms with E-state index in [0.29, 0.717) is 11.0 Å². The number of hydrogen-bond acceptors (Lipinski definition) is 3. The summed E-state index contributed by atoms with van der Waals surface area (Å²) in [7, 11) is 5.57. The molecule has 0 aromatic carbocycles. The monoisotopic (exact) mass is 218 g/mol. The molecule has 0 spiro atoms. The van der Waals surface area contributed by atoms with E-state index in [-0.39, 0.29) is 12.2 Å². The van der Waals surface area contributed by atoms with E-state index in [1.165, 1.54) is 6.92 Å². The van der Waals surface area contributed by atoms with Gasteiger partial charge < -0.3 is 19.5 Å². The summed E-state index contributed by atoms with van der Waals surface area (Å²) in [5.41, 5.74) is 0. The highest BCUT2D eigenvalue weighted by molar-refractivity contribution is 5.82. The van der Waals surface area contributed by atoms with Crippen molar-refractivity contribution in [3.8, 4) is 0 Å². The van der Waals surface area contributed by atoms with Crippen LogP contribution in [0.15, 0.2) is 0 Å². The third-order valence-corrected chi connectivity index (χ3v) is 2.02. The molecule has 2 unspecified atom stereocenters. The molecule has 5 nitrogen and oxygen atoms in total. The topological polar surface area (TPSA) is 74.6 Å². The number of quaternary nitrogens is 1. The summed E-state index contributed by atoms with van der Waals surface area (Å²) in [6.45, 7) is 1.64. The maximum Gasteiger partial charge on any atom is 0.309 e. The van der Waals surface area contributed by atoms with Crippen molar-refractivity contribution in [2.45, 2.75) is 19.4 Å². The average molecular weight is 218 g/mol. The van der Waals surface area contributed by atoms with Crippen LogP contribution in [-0.4, -0.2) is 60.2 Å². The Kier molecular flexibility index (Phi) is 4.90. The van der Waals surface area contributed by atoms with Crippen LogP contribution >= 0.6 is 0 Å². The molecule has 5 heteroatoms. The summed E-state index contributed by atoms with van der Waals surface area (Å²) in [6.07, 6.45) is -1.11. The first kappa shape index (κ1) is 14.1. The predicted molar refractivity (Wildman–Crippen MR) is 55.3 cm³/mol. The summed E-state index contributed by atoms with van der Waals surface area (Å²) >= 11 is 0. The second-order valence-corrected chi connectivity index (χ2v) is 4.89. The number of rotatable bonds is 6. The van der Waals surface area contributed by atoms with Crippen LogP contribution in [0.25, 0.3) is 0 Å². The number of hydrogen-bond donors (Lipinski definition) is 2. The van der Waals surface area contributed by atoms with Gasteiger partial charge in [0, 0.05) is 6.42 Å². The molecular weight excluding hydrogens is 198 g/mol. The smallest absolute Gasteiger partial charge is 0.309 e. The van der Waals surface area contributed by atoms with Gasteiger partial charge >= 0.3 is 5.97 Å². The lowest BCUT2D eigenvalue weighted by molar-refractivity contribution is -0.874. The highest BCUT2D eigenvalue weighted by atomic mass is 16.4. The number of nitrogens with zero attached hydrogens (tertiary/aromatic N) is 1. The first-order valence-corrected chi connectivity index (χ1v) is 4.84. The molecule has 0 heterocycles. The lowest BCUT2D eigenvalue weighted by atomic mass is 9.96. The van der Waals surface area contributed by atoms with Crippen molar-refractivity contribution in [1.29, 1.82) is 0 Å². The second-order valence-electron chi connectivity index (χ2n) is 4.89. The quantitative estimate of drug-likeness (QED) is 0.602. The van der Waals surface area contributed by atoms with Crippen molar-refractivity contribution in [2.24, 2.45) is 5.92 Å². The van der Waals surface area contributed by atoms with Crippen molar-refractivity contribution >= 4 is 11.8 Å². The molecule has 0 aliphatic rings. The molecule has 15 heavy (non-hydrogen) atoms. The standard InChI is InChI=1S/C10H19NO4/c1-7(12)5-8(10(14)15)9(13)6-11(2,3)4/h8-9,13H,5-6H2,1-4H3/p+1. The fourth-order valence-electron chi connectivity index (χ4n) is 1.39. The highest BCUT2D eigenvalue weighted by Crippen LogP contribution is 2.12. The van der Waals surface area contributed by atoms with E-state index < -0.39 is 18.0 Å². The Bertz CT molecular complexity index is 244. The Balaban J connectivity index is 4.49. The first-order valence-electron chi connectivity index (χ1n) is 4.84. The zero-order valence-electron chi connectivity index (χ0n) is 9.73. The minimum absolute atomic E-state index is 0.115. The van der Waals surface area contributed by atoms with Gasteiger partial charge in [-0.05, 0) is 6.92 Å². The van der Waals surface area contributed by atoms with Gasteiger partial charge in [0.2, 0.25) is 0 Å². The lowest BCUT2D eigenvalue weighted by Crippen LogP contribution is -2.46. The number of aliphatic carboxylic acids is 1. The number of likely N-dealkylation sites (N-methyl/N-ethyl adjacent to an activating group) is 1. The molecule has 0 aromatic rings. The second kappa shape index (κ2) is 5.23. The largest absolute Gasteiger partial charge is 0.481 e. The minimum atomic E-state index is -1.12. The number of aliphatic hydroxyl groups excluding tert-OH is 1. The number of aliphatic hydroxyl groups is 1. The van der Waals surface area contributed by atoms with Crippen LogP contribution in [0.2, 0.25) is 0 Å². The maximum atomic E-state index is 10.8. The SMILES string of the molecule is CC(=O)CC(C(=O)O)C(O)C[N+](C)(C)C. The summed E-state index contributed by atoms with van der Waals surface area (Å²) in [5, 5.41) is 18.6. The van der Waals surface area contributed by atoms with Crippen LogP contribution in [0.4, 0.5) is 0 Å². The zero-order valence-corrected chi connectivity index (χ0v) is 9.73. The first-order chi connectivity index (χ1) is 6.63. The lowest BCUT2D eigenvalue weighted by Gasteiger charge is -2.29. The molecule has 0 fully saturated rings. The van der Waals surface area contributed by atoms with E-state index in [9.17, 15) is 14.7 Å².